The Kier molecular flexibility index (Phi) is 4.95. The van der Waals surface area contributed by atoms with Gasteiger partial charge in [-0.25, -0.2) is 5.10 Å². The molecule has 1 unspecified atom stereocenters. The van der Waals surface area contributed by atoms with Crippen molar-refractivity contribution >= 4 is 11.6 Å². The van der Waals surface area contributed by atoms with Crippen molar-refractivity contribution in [2.24, 2.45) is 5.92 Å². The molecule has 8 heteroatoms. The average molecular weight is 362 g/mol. The Morgan fingerprint density at radius 1 is 1.27 bits per heavy atom. The SMILES string of the molecule is O=C(CC1CCCN(c2cn[nH]c(=O)c2)C1)N1CCC2(CC1)OCCO2. The maximum absolute atomic E-state index is 12.7. The van der Waals surface area contributed by atoms with Gasteiger partial charge in [0.05, 0.1) is 25.1 Å². The van der Waals surface area contributed by atoms with Crippen LogP contribution in [0.3, 0.4) is 0 Å². The van der Waals surface area contributed by atoms with Crippen LogP contribution in [-0.4, -0.2) is 66.2 Å². The first kappa shape index (κ1) is 17.5. The fraction of sp³-hybridized carbons (Fsp3) is 0.722. The Balaban J connectivity index is 1.31. The number of carbonyl (C=O) groups is 1. The molecular formula is C18H26N4O4. The minimum absolute atomic E-state index is 0.195. The zero-order chi connectivity index (χ0) is 18.0. The summed E-state index contributed by atoms with van der Waals surface area (Å²) in [5, 5.41) is 6.28. The quantitative estimate of drug-likeness (QED) is 0.853. The minimum atomic E-state index is -0.439. The second-order valence-corrected chi connectivity index (χ2v) is 7.45. The van der Waals surface area contributed by atoms with E-state index in [1.54, 1.807) is 12.3 Å². The maximum atomic E-state index is 12.7. The van der Waals surface area contributed by atoms with E-state index in [2.05, 4.69) is 15.1 Å². The predicted molar refractivity (Wildman–Crippen MR) is 94.9 cm³/mol. The molecule has 1 aromatic heterocycles. The molecule has 1 N–H and O–H groups in total. The highest BCUT2D eigenvalue weighted by atomic mass is 16.7. The zero-order valence-corrected chi connectivity index (χ0v) is 15.0. The first-order valence-electron chi connectivity index (χ1n) is 9.49. The largest absolute Gasteiger partial charge is 0.370 e. The number of likely N-dealkylation sites (tertiary alicyclic amines) is 1. The number of piperidine rings is 2. The number of amides is 1. The van der Waals surface area contributed by atoms with Crippen LogP contribution in [0.5, 0.6) is 0 Å². The minimum Gasteiger partial charge on any atom is -0.370 e. The van der Waals surface area contributed by atoms with E-state index in [1.807, 2.05) is 4.90 Å². The van der Waals surface area contributed by atoms with Crippen LogP contribution in [0.2, 0.25) is 0 Å². The molecule has 8 nitrogen and oxygen atoms in total. The van der Waals surface area contributed by atoms with Gasteiger partial charge < -0.3 is 19.3 Å². The molecule has 1 amide bonds. The smallest absolute Gasteiger partial charge is 0.266 e. The van der Waals surface area contributed by atoms with E-state index in [1.165, 1.54) is 0 Å². The van der Waals surface area contributed by atoms with Crippen LogP contribution >= 0.6 is 0 Å². The summed E-state index contributed by atoms with van der Waals surface area (Å²) < 4.78 is 11.5. The van der Waals surface area contributed by atoms with Crippen LogP contribution in [0.25, 0.3) is 0 Å². The molecule has 3 aliphatic heterocycles. The molecule has 142 valence electrons. The van der Waals surface area contributed by atoms with Crippen molar-refractivity contribution in [1.29, 1.82) is 0 Å². The van der Waals surface area contributed by atoms with Gasteiger partial charge in [-0.2, -0.15) is 5.10 Å². The van der Waals surface area contributed by atoms with E-state index in [-0.39, 0.29) is 11.5 Å². The summed E-state index contributed by atoms with van der Waals surface area (Å²) in [4.78, 5) is 28.3. The number of hydrogen-bond donors (Lipinski definition) is 1. The number of anilines is 1. The van der Waals surface area contributed by atoms with Crippen LogP contribution in [0.15, 0.2) is 17.1 Å². The lowest BCUT2D eigenvalue weighted by Crippen LogP contribution is -2.48. The summed E-state index contributed by atoms with van der Waals surface area (Å²) in [5.74, 6) is 0.0883. The maximum Gasteiger partial charge on any atom is 0.266 e. The number of hydrogen-bond acceptors (Lipinski definition) is 6. The van der Waals surface area contributed by atoms with Crippen molar-refractivity contribution in [2.75, 3.05) is 44.3 Å². The van der Waals surface area contributed by atoms with Crippen molar-refractivity contribution in [3.05, 3.63) is 22.6 Å². The van der Waals surface area contributed by atoms with Crippen LogP contribution < -0.4 is 10.5 Å². The predicted octanol–water partition coefficient (Wildman–Crippen LogP) is 0.742. The average Bonchev–Trinajstić information content (AvgIpc) is 3.10. The lowest BCUT2D eigenvalue weighted by molar-refractivity contribution is -0.187. The number of rotatable bonds is 3. The molecule has 3 fully saturated rings. The van der Waals surface area contributed by atoms with E-state index >= 15 is 0 Å². The van der Waals surface area contributed by atoms with Gasteiger partial charge in [-0.3, -0.25) is 9.59 Å². The van der Waals surface area contributed by atoms with E-state index in [4.69, 9.17) is 9.47 Å². The third-order valence-corrected chi connectivity index (χ3v) is 5.69. The van der Waals surface area contributed by atoms with Crippen molar-refractivity contribution in [1.82, 2.24) is 15.1 Å². The molecule has 0 saturated carbocycles. The number of carbonyl (C=O) groups excluding carboxylic acids is 1. The van der Waals surface area contributed by atoms with Crippen LogP contribution in [0, 0.1) is 5.92 Å². The first-order valence-corrected chi connectivity index (χ1v) is 9.49. The monoisotopic (exact) mass is 362 g/mol. The van der Waals surface area contributed by atoms with Crippen molar-refractivity contribution in [3.8, 4) is 0 Å². The molecule has 1 aromatic rings. The van der Waals surface area contributed by atoms with Gasteiger partial charge in [-0.05, 0) is 18.8 Å². The molecule has 0 aliphatic carbocycles. The van der Waals surface area contributed by atoms with E-state index < -0.39 is 5.79 Å². The van der Waals surface area contributed by atoms with E-state index in [0.717, 1.165) is 44.5 Å². The third-order valence-electron chi connectivity index (χ3n) is 5.69. The summed E-state index contributed by atoms with van der Waals surface area (Å²) in [5.41, 5.74) is 0.639. The Morgan fingerprint density at radius 3 is 2.77 bits per heavy atom. The molecular weight excluding hydrogens is 336 g/mol. The fourth-order valence-electron chi connectivity index (χ4n) is 4.26. The molecule has 1 spiro atoms. The topological polar surface area (TPSA) is 87.8 Å². The summed E-state index contributed by atoms with van der Waals surface area (Å²) >= 11 is 0. The molecule has 3 saturated heterocycles. The van der Waals surface area contributed by atoms with Crippen molar-refractivity contribution < 1.29 is 14.3 Å². The fourth-order valence-corrected chi connectivity index (χ4v) is 4.26. The first-order chi connectivity index (χ1) is 12.6. The molecule has 3 aliphatic rings. The molecule has 1 atom stereocenters. The molecule has 0 bridgehead atoms. The molecule has 26 heavy (non-hydrogen) atoms. The van der Waals surface area contributed by atoms with Gasteiger partial charge in [-0.15, -0.1) is 0 Å². The van der Waals surface area contributed by atoms with Gasteiger partial charge in [0, 0.05) is 51.5 Å². The third kappa shape index (κ3) is 3.76. The summed E-state index contributed by atoms with van der Waals surface area (Å²) in [6.45, 7) is 4.41. The summed E-state index contributed by atoms with van der Waals surface area (Å²) in [6.07, 6.45) is 5.82. The molecule has 4 rings (SSSR count). The van der Waals surface area contributed by atoms with Crippen LogP contribution in [0.4, 0.5) is 5.69 Å². The number of aromatic nitrogens is 2. The second-order valence-electron chi connectivity index (χ2n) is 7.45. The Bertz CT molecular complexity index is 690. The van der Waals surface area contributed by atoms with Crippen molar-refractivity contribution in [2.45, 2.75) is 37.9 Å². The number of nitrogens with one attached hydrogen (secondary N) is 1. The normalized spacial score (nSPS) is 25.6. The summed E-state index contributed by atoms with van der Waals surface area (Å²) in [6, 6.07) is 1.57. The molecule has 4 heterocycles. The van der Waals surface area contributed by atoms with Crippen LogP contribution in [-0.2, 0) is 14.3 Å². The van der Waals surface area contributed by atoms with Crippen molar-refractivity contribution in [3.63, 3.8) is 0 Å². The number of ether oxygens (including phenoxy) is 2. The second kappa shape index (κ2) is 7.36. The van der Waals surface area contributed by atoms with Gasteiger partial charge in [0.15, 0.2) is 5.79 Å². The number of aromatic amines is 1. The lowest BCUT2D eigenvalue weighted by atomic mass is 9.93. The number of H-pyrrole nitrogens is 1. The number of nitrogens with zero attached hydrogens (tertiary/aromatic N) is 3. The van der Waals surface area contributed by atoms with Crippen LogP contribution in [0.1, 0.15) is 32.1 Å². The van der Waals surface area contributed by atoms with Gasteiger partial charge in [0.1, 0.15) is 0 Å². The molecule has 0 radical (unpaired) electrons. The standard InChI is InChI=1S/C18H26N4O4/c23-16-11-15(12-19-20-16)22-5-1-2-14(13-22)10-17(24)21-6-3-18(4-7-21)25-8-9-26-18/h11-12,14H,1-10,13H2,(H,20,23). The summed E-state index contributed by atoms with van der Waals surface area (Å²) in [7, 11) is 0. The Hall–Kier alpha value is -1.93. The van der Waals surface area contributed by atoms with Gasteiger partial charge >= 0.3 is 0 Å². The zero-order valence-electron chi connectivity index (χ0n) is 15.0. The van der Waals surface area contributed by atoms with Gasteiger partial charge in [-0.1, -0.05) is 0 Å². The van der Waals surface area contributed by atoms with Gasteiger partial charge in [0.2, 0.25) is 5.91 Å². The highest BCUT2D eigenvalue weighted by Crippen LogP contribution is 2.32. The lowest BCUT2D eigenvalue weighted by Gasteiger charge is -2.39. The Morgan fingerprint density at radius 2 is 2.04 bits per heavy atom. The van der Waals surface area contributed by atoms with Gasteiger partial charge in [0.25, 0.3) is 5.56 Å². The highest BCUT2D eigenvalue weighted by Gasteiger charge is 2.41. The van der Waals surface area contributed by atoms with E-state index in [0.29, 0.717) is 38.6 Å². The highest BCUT2D eigenvalue weighted by molar-refractivity contribution is 5.76. The Labute approximate surface area is 152 Å². The molecule has 0 aromatic carbocycles. The van der Waals surface area contributed by atoms with E-state index in [9.17, 15) is 9.59 Å².